The lowest BCUT2D eigenvalue weighted by Gasteiger charge is -2.35. The molecule has 19 heavy (non-hydrogen) atoms. The maximum absolute atomic E-state index is 3.67. The van der Waals surface area contributed by atoms with Gasteiger partial charge in [-0.15, -0.1) is 0 Å². The van der Waals surface area contributed by atoms with Crippen LogP contribution in [0.15, 0.2) is 22.9 Å². The Labute approximate surface area is 119 Å². The zero-order chi connectivity index (χ0) is 13.7. The summed E-state index contributed by atoms with van der Waals surface area (Å²) in [6, 6.07) is 0.613. The normalized spacial score (nSPS) is 25.2. The first-order valence-electron chi connectivity index (χ1n) is 8.50. The summed E-state index contributed by atoms with van der Waals surface area (Å²) >= 11 is 0. The van der Waals surface area contributed by atoms with Crippen LogP contribution < -0.4 is 5.32 Å². The van der Waals surface area contributed by atoms with Gasteiger partial charge in [-0.3, -0.25) is 0 Å². The predicted molar refractivity (Wildman–Crippen MR) is 84.1 cm³/mol. The van der Waals surface area contributed by atoms with Gasteiger partial charge < -0.3 is 5.32 Å². The van der Waals surface area contributed by atoms with Gasteiger partial charge in [0.05, 0.1) is 0 Å². The summed E-state index contributed by atoms with van der Waals surface area (Å²) in [6.07, 6.45) is 14.5. The van der Waals surface area contributed by atoms with Gasteiger partial charge >= 0.3 is 0 Å². The highest BCUT2D eigenvalue weighted by Crippen LogP contribution is 2.39. The third-order valence-electron chi connectivity index (χ3n) is 4.92. The molecule has 108 valence electrons. The van der Waals surface area contributed by atoms with Crippen LogP contribution in [0.5, 0.6) is 0 Å². The van der Waals surface area contributed by atoms with E-state index in [0.29, 0.717) is 6.04 Å². The Balaban J connectivity index is 2.29. The lowest BCUT2D eigenvalue weighted by Crippen LogP contribution is -2.33. The van der Waals surface area contributed by atoms with Gasteiger partial charge in [-0.1, -0.05) is 46.5 Å². The lowest BCUT2D eigenvalue weighted by molar-refractivity contribution is 0.394. The Morgan fingerprint density at radius 3 is 2.37 bits per heavy atom. The molecule has 0 radical (unpaired) electrons. The van der Waals surface area contributed by atoms with E-state index >= 15 is 0 Å². The third-order valence-corrected chi connectivity index (χ3v) is 4.92. The molecular weight excluding hydrogens is 230 g/mol. The molecule has 1 unspecified atom stereocenters. The van der Waals surface area contributed by atoms with Gasteiger partial charge in [-0.25, -0.2) is 0 Å². The summed E-state index contributed by atoms with van der Waals surface area (Å²) in [7, 11) is 0. The molecule has 1 fully saturated rings. The monoisotopic (exact) mass is 261 g/mol. The van der Waals surface area contributed by atoms with Crippen molar-refractivity contribution in [3.8, 4) is 0 Å². The molecule has 1 saturated carbocycles. The fraction of sp³-hybridized carbons (Fsp3) is 0.778. The van der Waals surface area contributed by atoms with E-state index in [2.05, 4.69) is 32.3 Å². The molecule has 1 aliphatic carbocycles. The minimum Gasteiger partial charge on any atom is -0.384 e. The largest absolute Gasteiger partial charge is 0.384 e. The lowest BCUT2D eigenvalue weighted by atomic mass is 9.75. The van der Waals surface area contributed by atoms with Gasteiger partial charge in [0, 0.05) is 12.2 Å². The van der Waals surface area contributed by atoms with Crippen LogP contribution in [0.2, 0.25) is 0 Å². The van der Waals surface area contributed by atoms with Crippen LogP contribution in [0, 0.1) is 5.92 Å². The molecule has 0 aromatic heterocycles. The van der Waals surface area contributed by atoms with Crippen LogP contribution >= 0.6 is 0 Å². The Hall–Kier alpha value is -0.720. The first kappa shape index (κ1) is 14.7. The van der Waals surface area contributed by atoms with Crippen LogP contribution in [0.3, 0.4) is 0 Å². The van der Waals surface area contributed by atoms with Gasteiger partial charge in [0.2, 0.25) is 0 Å². The van der Waals surface area contributed by atoms with Crippen molar-refractivity contribution in [1.82, 2.24) is 5.32 Å². The standard InChI is InChI=1S/C18H31N/c1-4-10-17-16(6-3)18(14(5-2)13-19-17)15-11-8-7-9-12-15/h13,15,17,19H,4-12H2,1-3H3. The molecule has 0 bridgehead atoms. The second-order valence-electron chi connectivity index (χ2n) is 6.16. The van der Waals surface area contributed by atoms with Crippen LogP contribution in [-0.4, -0.2) is 6.04 Å². The van der Waals surface area contributed by atoms with Crippen molar-refractivity contribution in [2.45, 2.75) is 84.6 Å². The number of hydrogen-bond acceptors (Lipinski definition) is 1. The highest BCUT2D eigenvalue weighted by molar-refractivity contribution is 5.42. The minimum absolute atomic E-state index is 0.613. The summed E-state index contributed by atoms with van der Waals surface area (Å²) in [6.45, 7) is 6.96. The van der Waals surface area contributed by atoms with Crippen molar-refractivity contribution < 1.29 is 0 Å². The molecule has 1 N–H and O–H groups in total. The quantitative estimate of drug-likeness (QED) is 0.704. The van der Waals surface area contributed by atoms with E-state index in [-0.39, 0.29) is 0 Å². The zero-order valence-electron chi connectivity index (χ0n) is 13.1. The summed E-state index contributed by atoms with van der Waals surface area (Å²) in [5.74, 6) is 0.858. The molecule has 1 heteroatoms. The second kappa shape index (κ2) is 7.17. The average Bonchev–Trinajstić information content (AvgIpc) is 2.48. The SMILES string of the molecule is CCCC1NC=C(CC)C(C2CCCCC2)=C1CC. The summed E-state index contributed by atoms with van der Waals surface area (Å²) < 4.78 is 0. The summed E-state index contributed by atoms with van der Waals surface area (Å²) in [4.78, 5) is 0. The van der Waals surface area contributed by atoms with E-state index in [9.17, 15) is 0 Å². The fourth-order valence-electron chi connectivity index (χ4n) is 3.96. The highest BCUT2D eigenvalue weighted by Gasteiger charge is 2.28. The minimum atomic E-state index is 0.613. The van der Waals surface area contributed by atoms with Crippen LogP contribution in [0.1, 0.15) is 78.6 Å². The Bertz CT molecular complexity index is 345. The van der Waals surface area contributed by atoms with Gasteiger partial charge in [0.1, 0.15) is 0 Å². The van der Waals surface area contributed by atoms with Crippen molar-refractivity contribution in [3.63, 3.8) is 0 Å². The second-order valence-corrected chi connectivity index (χ2v) is 6.16. The molecule has 2 rings (SSSR count). The molecule has 0 saturated heterocycles. The van der Waals surface area contributed by atoms with E-state index in [4.69, 9.17) is 0 Å². The molecule has 0 spiro atoms. The molecule has 0 aromatic carbocycles. The zero-order valence-corrected chi connectivity index (χ0v) is 13.1. The molecule has 1 aliphatic heterocycles. The molecule has 1 atom stereocenters. The van der Waals surface area contributed by atoms with Crippen molar-refractivity contribution >= 4 is 0 Å². The van der Waals surface area contributed by atoms with E-state index < -0.39 is 0 Å². The van der Waals surface area contributed by atoms with Gasteiger partial charge in [-0.2, -0.15) is 0 Å². The van der Waals surface area contributed by atoms with Gasteiger partial charge in [-0.05, 0) is 54.7 Å². The third kappa shape index (κ3) is 3.24. The van der Waals surface area contributed by atoms with Crippen molar-refractivity contribution in [3.05, 3.63) is 22.9 Å². The maximum Gasteiger partial charge on any atom is 0.0474 e. The molecule has 1 nitrogen and oxygen atoms in total. The number of nitrogens with one attached hydrogen (secondary N) is 1. The summed E-state index contributed by atoms with van der Waals surface area (Å²) in [5.41, 5.74) is 5.09. The maximum atomic E-state index is 3.67. The number of allylic oxidation sites excluding steroid dienone is 2. The van der Waals surface area contributed by atoms with Crippen LogP contribution in [-0.2, 0) is 0 Å². The number of dihydropyridines is 1. The smallest absolute Gasteiger partial charge is 0.0474 e. The Kier molecular flexibility index (Phi) is 5.54. The molecule has 1 heterocycles. The Morgan fingerprint density at radius 1 is 1.05 bits per heavy atom. The molecule has 2 aliphatic rings. The highest BCUT2D eigenvalue weighted by atomic mass is 14.9. The first-order valence-corrected chi connectivity index (χ1v) is 8.50. The molecule has 0 amide bonds. The van der Waals surface area contributed by atoms with Gasteiger partial charge in [0.15, 0.2) is 0 Å². The van der Waals surface area contributed by atoms with Crippen LogP contribution in [0.25, 0.3) is 0 Å². The van der Waals surface area contributed by atoms with E-state index in [1.165, 1.54) is 57.8 Å². The van der Waals surface area contributed by atoms with Crippen molar-refractivity contribution in [2.24, 2.45) is 5.92 Å². The van der Waals surface area contributed by atoms with Crippen molar-refractivity contribution in [1.29, 1.82) is 0 Å². The molecule has 0 aromatic rings. The molecular formula is C18H31N. The summed E-state index contributed by atoms with van der Waals surface area (Å²) in [5, 5.41) is 3.67. The van der Waals surface area contributed by atoms with Crippen molar-refractivity contribution in [2.75, 3.05) is 0 Å². The topological polar surface area (TPSA) is 12.0 Å². The van der Waals surface area contributed by atoms with Crippen LogP contribution in [0.4, 0.5) is 0 Å². The van der Waals surface area contributed by atoms with Gasteiger partial charge in [0.25, 0.3) is 0 Å². The van der Waals surface area contributed by atoms with E-state index in [1.807, 2.05) is 0 Å². The predicted octanol–water partition coefficient (Wildman–Crippen LogP) is 5.34. The number of rotatable bonds is 5. The number of hydrogen-bond donors (Lipinski definition) is 1. The fourth-order valence-corrected chi connectivity index (χ4v) is 3.96. The Morgan fingerprint density at radius 2 is 1.79 bits per heavy atom. The van der Waals surface area contributed by atoms with E-state index in [1.54, 1.807) is 16.7 Å². The average molecular weight is 261 g/mol. The van der Waals surface area contributed by atoms with E-state index in [0.717, 1.165) is 5.92 Å². The first-order chi connectivity index (χ1) is 9.31.